The van der Waals surface area contributed by atoms with Crippen molar-refractivity contribution >= 4 is 11.7 Å². The second-order valence-electron chi connectivity index (χ2n) is 4.65. The molecule has 18 heavy (non-hydrogen) atoms. The standard InChI is InChI=1S/C12H13F2N3O/c13-10-9-6-12(14,7-15-9)17(10)11(18)16-8-4-2-1-3-5-8/h1-5,9-10,15H,6-7H2,(H,16,18). The first kappa shape index (κ1) is 11.4. The van der Waals surface area contributed by atoms with Crippen molar-refractivity contribution in [3.8, 4) is 0 Å². The molecule has 0 radical (unpaired) electrons. The zero-order chi connectivity index (χ0) is 12.8. The van der Waals surface area contributed by atoms with Crippen LogP contribution in [0.15, 0.2) is 30.3 Å². The zero-order valence-electron chi connectivity index (χ0n) is 9.57. The van der Waals surface area contributed by atoms with Gasteiger partial charge in [0.2, 0.25) is 5.79 Å². The molecule has 0 saturated carbocycles. The number of benzene rings is 1. The van der Waals surface area contributed by atoms with Gasteiger partial charge in [-0.05, 0) is 12.1 Å². The zero-order valence-corrected chi connectivity index (χ0v) is 9.57. The highest BCUT2D eigenvalue weighted by atomic mass is 19.2. The van der Waals surface area contributed by atoms with Gasteiger partial charge in [0.15, 0.2) is 6.30 Å². The van der Waals surface area contributed by atoms with Crippen LogP contribution in [0.25, 0.3) is 0 Å². The number of nitrogens with one attached hydrogen (secondary N) is 2. The number of piperazine rings is 1. The predicted octanol–water partition coefficient (Wildman–Crippen LogP) is 1.86. The van der Waals surface area contributed by atoms with Gasteiger partial charge >= 0.3 is 6.03 Å². The fourth-order valence-corrected chi connectivity index (χ4v) is 2.55. The number of hydrogen-bond donors (Lipinski definition) is 2. The monoisotopic (exact) mass is 253 g/mol. The average molecular weight is 253 g/mol. The number of carbonyl (C=O) groups excluding carboxylic acids is 1. The van der Waals surface area contributed by atoms with Gasteiger partial charge in [0, 0.05) is 18.7 Å². The fraction of sp³-hybridized carbons (Fsp3) is 0.417. The molecule has 2 fully saturated rings. The summed E-state index contributed by atoms with van der Waals surface area (Å²) in [6.45, 7) is -0.0136. The Hall–Kier alpha value is -1.69. The lowest BCUT2D eigenvalue weighted by Crippen LogP contribution is -2.57. The SMILES string of the molecule is O=C(Nc1ccccc1)N1C(F)C2CC1(F)CN2. The van der Waals surface area contributed by atoms with E-state index in [1.807, 2.05) is 0 Å². The van der Waals surface area contributed by atoms with Crippen molar-refractivity contribution in [2.75, 3.05) is 11.9 Å². The molecule has 3 atom stereocenters. The summed E-state index contributed by atoms with van der Waals surface area (Å²) in [6.07, 6.45) is -1.61. The van der Waals surface area contributed by atoms with Crippen molar-refractivity contribution in [2.45, 2.75) is 24.6 Å². The number of likely N-dealkylation sites (tertiary alicyclic amines) is 1. The van der Waals surface area contributed by atoms with Gasteiger partial charge in [-0.2, -0.15) is 0 Å². The second-order valence-corrected chi connectivity index (χ2v) is 4.65. The molecule has 2 aliphatic heterocycles. The molecule has 1 aromatic rings. The van der Waals surface area contributed by atoms with E-state index in [9.17, 15) is 13.6 Å². The van der Waals surface area contributed by atoms with Crippen LogP contribution in [0.2, 0.25) is 0 Å². The van der Waals surface area contributed by atoms with Crippen LogP contribution < -0.4 is 10.6 Å². The van der Waals surface area contributed by atoms with Gasteiger partial charge < -0.3 is 10.6 Å². The maximum atomic E-state index is 14.3. The highest BCUT2D eigenvalue weighted by molar-refractivity contribution is 5.90. The van der Waals surface area contributed by atoms with Gasteiger partial charge in [0.05, 0.1) is 6.04 Å². The number of nitrogens with zero attached hydrogens (tertiary/aromatic N) is 1. The number of carbonyl (C=O) groups is 1. The minimum atomic E-state index is -1.91. The lowest BCUT2D eigenvalue weighted by molar-refractivity contribution is -0.0252. The number of fused-ring (bicyclic) bond motifs is 2. The summed E-state index contributed by atoms with van der Waals surface area (Å²) in [6, 6.07) is 7.28. The summed E-state index contributed by atoms with van der Waals surface area (Å²) in [5.41, 5.74) is 0.522. The molecule has 1 aromatic carbocycles. The van der Waals surface area contributed by atoms with Gasteiger partial charge in [-0.15, -0.1) is 0 Å². The summed E-state index contributed by atoms with van der Waals surface area (Å²) < 4.78 is 28.2. The molecular formula is C12H13F2N3O. The van der Waals surface area contributed by atoms with Crippen LogP contribution in [0.1, 0.15) is 6.42 Å². The molecule has 0 aliphatic carbocycles. The summed E-state index contributed by atoms with van der Waals surface area (Å²) in [7, 11) is 0. The largest absolute Gasteiger partial charge is 0.326 e. The van der Waals surface area contributed by atoms with Crippen molar-refractivity contribution in [3.05, 3.63) is 30.3 Å². The van der Waals surface area contributed by atoms with E-state index in [2.05, 4.69) is 10.6 Å². The van der Waals surface area contributed by atoms with E-state index in [1.54, 1.807) is 30.3 Å². The van der Waals surface area contributed by atoms with Gasteiger partial charge in [-0.3, -0.25) is 4.90 Å². The Kier molecular flexibility index (Phi) is 2.48. The first-order chi connectivity index (χ1) is 8.60. The third-order valence-corrected chi connectivity index (χ3v) is 3.42. The molecule has 2 saturated heterocycles. The Morgan fingerprint density at radius 2 is 2.17 bits per heavy atom. The smallest absolute Gasteiger partial charge is 0.308 e. The summed E-state index contributed by atoms with van der Waals surface area (Å²) in [4.78, 5) is 12.6. The van der Waals surface area contributed by atoms with Crippen LogP contribution in [0.3, 0.4) is 0 Å². The normalized spacial score (nSPS) is 33.8. The maximum absolute atomic E-state index is 14.3. The molecule has 3 unspecified atom stereocenters. The predicted molar refractivity (Wildman–Crippen MR) is 62.4 cm³/mol. The van der Waals surface area contributed by atoms with E-state index < -0.39 is 24.2 Å². The third kappa shape index (κ3) is 1.64. The van der Waals surface area contributed by atoms with Crippen LogP contribution in [0.4, 0.5) is 19.3 Å². The van der Waals surface area contributed by atoms with Crippen LogP contribution in [-0.4, -0.2) is 35.6 Å². The van der Waals surface area contributed by atoms with E-state index in [0.29, 0.717) is 10.6 Å². The van der Waals surface area contributed by atoms with Crippen molar-refractivity contribution < 1.29 is 13.6 Å². The van der Waals surface area contributed by atoms with Crippen LogP contribution in [-0.2, 0) is 0 Å². The molecule has 2 N–H and O–H groups in total. The maximum Gasteiger partial charge on any atom is 0.326 e. The molecule has 0 aromatic heterocycles. The van der Waals surface area contributed by atoms with E-state index >= 15 is 0 Å². The van der Waals surface area contributed by atoms with Crippen LogP contribution in [0.5, 0.6) is 0 Å². The number of alkyl halides is 2. The Morgan fingerprint density at radius 3 is 2.78 bits per heavy atom. The van der Waals surface area contributed by atoms with Gasteiger partial charge in [0.25, 0.3) is 0 Å². The number of halogens is 2. The highest BCUT2D eigenvalue weighted by Crippen LogP contribution is 2.40. The second kappa shape index (κ2) is 3.91. The number of urea groups is 1. The molecule has 96 valence electrons. The van der Waals surface area contributed by atoms with Crippen molar-refractivity contribution in [1.82, 2.24) is 10.2 Å². The van der Waals surface area contributed by atoms with Crippen LogP contribution in [0, 0.1) is 0 Å². The summed E-state index contributed by atoms with van der Waals surface area (Å²) in [5, 5.41) is 5.23. The number of amides is 2. The van der Waals surface area contributed by atoms with Gasteiger partial charge in [0.1, 0.15) is 0 Å². The van der Waals surface area contributed by atoms with Gasteiger partial charge in [-0.1, -0.05) is 18.2 Å². The third-order valence-electron chi connectivity index (χ3n) is 3.42. The molecular weight excluding hydrogens is 240 g/mol. The van der Waals surface area contributed by atoms with Gasteiger partial charge in [-0.25, -0.2) is 13.6 Å². The molecule has 4 nitrogen and oxygen atoms in total. The molecule has 2 aliphatic rings. The first-order valence-electron chi connectivity index (χ1n) is 5.82. The molecule has 2 bridgehead atoms. The molecule has 3 rings (SSSR count). The topological polar surface area (TPSA) is 44.4 Å². The Morgan fingerprint density at radius 1 is 1.44 bits per heavy atom. The van der Waals surface area contributed by atoms with E-state index in [1.165, 1.54) is 0 Å². The fourth-order valence-electron chi connectivity index (χ4n) is 2.55. The number of hydrogen-bond acceptors (Lipinski definition) is 2. The van der Waals surface area contributed by atoms with Crippen molar-refractivity contribution in [3.63, 3.8) is 0 Å². The van der Waals surface area contributed by atoms with E-state index in [0.717, 1.165) is 0 Å². The van der Waals surface area contributed by atoms with Crippen LogP contribution >= 0.6 is 0 Å². The molecule has 2 heterocycles. The average Bonchev–Trinajstić information content (AvgIpc) is 2.83. The number of para-hydroxylation sites is 1. The molecule has 0 spiro atoms. The Balaban J connectivity index is 1.77. The Labute approximate surface area is 103 Å². The minimum Gasteiger partial charge on any atom is -0.308 e. The highest BCUT2D eigenvalue weighted by Gasteiger charge is 2.60. The quantitative estimate of drug-likeness (QED) is 0.750. The molecule has 2 amide bonds. The Bertz CT molecular complexity index is 470. The number of rotatable bonds is 1. The molecule has 6 heteroatoms. The first-order valence-corrected chi connectivity index (χ1v) is 5.82. The van der Waals surface area contributed by atoms with Crippen molar-refractivity contribution in [2.24, 2.45) is 0 Å². The van der Waals surface area contributed by atoms with Crippen molar-refractivity contribution in [1.29, 1.82) is 0 Å². The van der Waals surface area contributed by atoms with E-state index in [4.69, 9.17) is 0 Å². The lowest BCUT2D eigenvalue weighted by atomic mass is 10.2. The minimum absolute atomic E-state index is 0.0103. The van der Waals surface area contributed by atoms with E-state index in [-0.39, 0.29) is 13.0 Å². The lowest BCUT2D eigenvalue weighted by Gasteiger charge is -2.34. The summed E-state index contributed by atoms with van der Waals surface area (Å²) >= 11 is 0. The number of anilines is 1. The summed E-state index contributed by atoms with van der Waals surface area (Å²) in [5.74, 6) is -1.91.